The third kappa shape index (κ3) is 7.90. The molecule has 0 atom stereocenters. The van der Waals surface area contributed by atoms with E-state index >= 15 is 0 Å². The number of nitrogens with zero attached hydrogens (tertiary/aromatic N) is 3. The van der Waals surface area contributed by atoms with Crippen LogP contribution in [0.3, 0.4) is 0 Å². The number of nitrogens with two attached hydrogens (primary N) is 2. The topological polar surface area (TPSA) is 153 Å². The fourth-order valence-corrected chi connectivity index (χ4v) is 4.23. The van der Waals surface area contributed by atoms with Gasteiger partial charge in [0, 0.05) is 6.54 Å². The van der Waals surface area contributed by atoms with Gasteiger partial charge in [0.25, 0.3) is 5.91 Å². The number of carbonyl (C=O) groups is 1. The van der Waals surface area contributed by atoms with Gasteiger partial charge in [-0.1, -0.05) is 29.8 Å². The molecule has 176 valence electrons. The second kappa shape index (κ2) is 11.4. The van der Waals surface area contributed by atoms with Gasteiger partial charge in [0.05, 0.1) is 38.6 Å². The van der Waals surface area contributed by atoms with Crippen molar-refractivity contribution in [2.45, 2.75) is 24.2 Å². The Morgan fingerprint density at radius 2 is 1.69 bits per heavy atom. The Morgan fingerprint density at radius 3 is 2.38 bits per heavy atom. The summed E-state index contributed by atoms with van der Waals surface area (Å²) in [6, 6.07) is 8.32. The maximum atomic E-state index is 12.3. The zero-order chi connectivity index (χ0) is 23.8. The van der Waals surface area contributed by atoms with Crippen molar-refractivity contribution < 1.29 is 17.7 Å². The average Bonchev–Trinajstić information content (AvgIpc) is 2.73. The summed E-state index contributed by atoms with van der Waals surface area (Å²) in [6.07, 6.45) is 2.57. The number of hydrogen-bond donors (Lipinski definition) is 4. The molecular formula is C20H31ClN7O3S+. The van der Waals surface area contributed by atoms with Crippen LogP contribution >= 0.6 is 11.6 Å². The largest absolute Gasteiger partial charge is 0.382 e. The highest BCUT2D eigenvalue weighted by molar-refractivity contribution is 7.89. The van der Waals surface area contributed by atoms with Gasteiger partial charge in [-0.25, -0.2) is 23.1 Å². The summed E-state index contributed by atoms with van der Waals surface area (Å²) in [5, 5.41) is 2.71. The zero-order valence-electron chi connectivity index (χ0n) is 18.3. The van der Waals surface area contributed by atoms with Crippen LogP contribution in [-0.4, -0.2) is 69.1 Å². The zero-order valence-corrected chi connectivity index (χ0v) is 19.9. The third-order valence-corrected chi connectivity index (χ3v) is 6.66. The molecule has 1 aromatic heterocycles. The molecule has 10 nitrogen and oxygen atoms in total. The number of likely N-dealkylation sites (N-methyl/N-ethyl adjacent to an activating group) is 1. The molecule has 1 heterocycles. The first kappa shape index (κ1) is 25.8. The molecular weight excluding hydrogens is 454 g/mol. The standard InChI is InChI=1S/C20H30ClN7O3S/c1-28(2,14-12-24-20(29)16-18(22)27-19(23)17(21)26-16)13-8-4-7-11-25-32(30,31)15-9-5-3-6-10-15/h3,5-6,9-10,25H,4,7-8,11-14H2,1-2H3,(H4-,22,23,24,27,29)/p+1. The van der Waals surface area contributed by atoms with Crippen LogP contribution in [0.5, 0.6) is 0 Å². The fourth-order valence-electron chi connectivity index (χ4n) is 3.01. The quantitative estimate of drug-likeness (QED) is 0.261. The molecule has 0 aliphatic carbocycles. The predicted octanol–water partition coefficient (Wildman–Crippen LogP) is 1.25. The number of unbranched alkanes of at least 4 members (excludes halogenated alkanes) is 2. The van der Waals surface area contributed by atoms with E-state index in [0.717, 1.165) is 25.8 Å². The minimum Gasteiger partial charge on any atom is -0.382 e. The summed E-state index contributed by atoms with van der Waals surface area (Å²) >= 11 is 5.81. The van der Waals surface area contributed by atoms with Crippen molar-refractivity contribution in [1.29, 1.82) is 0 Å². The lowest BCUT2D eigenvalue weighted by atomic mass is 10.2. The Hall–Kier alpha value is -2.47. The number of aromatic nitrogens is 2. The third-order valence-electron chi connectivity index (χ3n) is 4.91. The number of nitrogens with one attached hydrogen (secondary N) is 2. The summed E-state index contributed by atoms with van der Waals surface area (Å²) in [5.74, 6) is -0.546. The van der Waals surface area contributed by atoms with Gasteiger partial charge in [0.15, 0.2) is 22.5 Å². The van der Waals surface area contributed by atoms with Gasteiger partial charge >= 0.3 is 0 Å². The van der Waals surface area contributed by atoms with Gasteiger partial charge in [-0.2, -0.15) is 0 Å². The van der Waals surface area contributed by atoms with Gasteiger partial charge in [-0.15, -0.1) is 0 Å². The molecule has 1 aromatic carbocycles. The number of nitrogen functional groups attached to an aromatic ring is 2. The van der Waals surface area contributed by atoms with Gasteiger partial charge in [0.1, 0.15) is 0 Å². The molecule has 0 saturated carbocycles. The minimum atomic E-state index is -3.45. The van der Waals surface area contributed by atoms with Crippen LogP contribution in [0.2, 0.25) is 5.15 Å². The summed E-state index contributed by atoms with van der Waals surface area (Å²) in [7, 11) is 0.681. The highest BCUT2D eigenvalue weighted by atomic mass is 35.5. The number of amides is 1. The molecule has 12 heteroatoms. The monoisotopic (exact) mass is 484 g/mol. The Bertz CT molecular complexity index is 1020. The van der Waals surface area contributed by atoms with Gasteiger partial charge in [-0.3, -0.25) is 4.79 Å². The van der Waals surface area contributed by atoms with Crippen LogP contribution in [0.1, 0.15) is 29.8 Å². The van der Waals surface area contributed by atoms with Crippen molar-refractivity contribution in [3.63, 3.8) is 0 Å². The van der Waals surface area contributed by atoms with E-state index in [-0.39, 0.29) is 27.4 Å². The molecule has 0 fully saturated rings. The number of rotatable bonds is 12. The Balaban J connectivity index is 1.66. The van der Waals surface area contributed by atoms with Crippen LogP contribution in [-0.2, 0) is 10.0 Å². The average molecular weight is 485 g/mol. The van der Waals surface area contributed by atoms with Crippen LogP contribution < -0.4 is 21.5 Å². The number of sulfonamides is 1. The van der Waals surface area contributed by atoms with E-state index in [4.69, 9.17) is 23.1 Å². The molecule has 0 radical (unpaired) electrons. The molecule has 2 rings (SSSR count). The van der Waals surface area contributed by atoms with E-state index in [0.29, 0.717) is 24.1 Å². The van der Waals surface area contributed by atoms with Crippen LogP contribution in [0.25, 0.3) is 0 Å². The van der Waals surface area contributed by atoms with E-state index in [1.165, 1.54) is 0 Å². The number of benzene rings is 1. The second-order valence-electron chi connectivity index (χ2n) is 8.04. The number of anilines is 2. The highest BCUT2D eigenvalue weighted by Gasteiger charge is 2.19. The van der Waals surface area contributed by atoms with Gasteiger partial charge in [-0.05, 0) is 31.4 Å². The lowest BCUT2D eigenvalue weighted by Gasteiger charge is -2.30. The van der Waals surface area contributed by atoms with Crippen molar-refractivity contribution in [1.82, 2.24) is 20.0 Å². The number of carbonyl (C=O) groups excluding carboxylic acids is 1. The summed E-state index contributed by atoms with van der Waals surface area (Å²) in [4.78, 5) is 20.2. The van der Waals surface area contributed by atoms with Gasteiger partial charge < -0.3 is 21.3 Å². The molecule has 6 N–H and O–H groups in total. The highest BCUT2D eigenvalue weighted by Crippen LogP contribution is 2.17. The second-order valence-corrected chi connectivity index (χ2v) is 10.2. The van der Waals surface area contributed by atoms with E-state index in [2.05, 4.69) is 34.1 Å². The normalized spacial score (nSPS) is 12.0. The predicted molar refractivity (Wildman–Crippen MR) is 126 cm³/mol. The first-order valence-corrected chi connectivity index (χ1v) is 12.1. The number of hydrogen-bond acceptors (Lipinski definition) is 7. The number of quaternary nitrogens is 1. The lowest BCUT2D eigenvalue weighted by Crippen LogP contribution is -2.46. The molecule has 0 bridgehead atoms. The first-order valence-electron chi connectivity index (χ1n) is 10.3. The summed E-state index contributed by atoms with van der Waals surface area (Å²) in [6.45, 7) is 2.40. The van der Waals surface area contributed by atoms with Crippen molar-refractivity contribution in [2.75, 3.05) is 51.7 Å². The van der Waals surface area contributed by atoms with Crippen molar-refractivity contribution >= 4 is 39.2 Å². The van der Waals surface area contributed by atoms with E-state index in [1.807, 2.05) is 0 Å². The maximum absolute atomic E-state index is 12.3. The minimum absolute atomic E-state index is 0.0219. The first-order chi connectivity index (χ1) is 15.0. The number of halogens is 1. The molecule has 0 unspecified atom stereocenters. The summed E-state index contributed by atoms with van der Waals surface area (Å²) < 4.78 is 27.7. The van der Waals surface area contributed by atoms with Crippen molar-refractivity contribution in [3.05, 3.63) is 41.2 Å². The lowest BCUT2D eigenvalue weighted by molar-refractivity contribution is -0.889. The molecule has 1 amide bonds. The molecule has 0 aliphatic heterocycles. The van der Waals surface area contributed by atoms with E-state index in [1.54, 1.807) is 30.3 Å². The molecule has 0 saturated heterocycles. The van der Waals surface area contributed by atoms with Crippen LogP contribution in [0, 0.1) is 0 Å². The molecule has 0 spiro atoms. The maximum Gasteiger partial charge on any atom is 0.273 e. The molecule has 32 heavy (non-hydrogen) atoms. The smallest absolute Gasteiger partial charge is 0.273 e. The van der Waals surface area contributed by atoms with Crippen molar-refractivity contribution in [2.24, 2.45) is 0 Å². The van der Waals surface area contributed by atoms with Crippen LogP contribution in [0.4, 0.5) is 11.6 Å². The van der Waals surface area contributed by atoms with Gasteiger partial charge in [0.2, 0.25) is 10.0 Å². The summed E-state index contributed by atoms with van der Waals surface area (Å²) in [5.41, 5.74) is 11.2. The molecule has 0 aliphatic rings. The Labute approximate surface area is 194 Å². The molecule has 2 aromatic rings. The van der Waals surface area contributed by atoms with Crippen LogP contribution in [0.15, 0.2) is 35.2 Å². The fraction of sp³-hybridized carbons (Fsp3) is 0.450. The van der Waals surface area contributed by atoms with E-state index < -0.39 is 15.9 Å². The SMILES string of the molecule is C[N+](C)(CCCCCNS(=O)(=O)c1ccccc1)CCNC(=O)c1nc(Cl)c(N)nc1N. The van der Waals surface area contributed by atoms with Crippen molar-refractivity contribution in [3.8, 4) is 0 Å². The van der Waals surface area contributed by atoms with E-state index in [9.17, 15) is 13.2 Å². The Morgan fingerprint density at radius 1 is 1.00 bits per heavy atom. The Kier molecular flexibility index (Phi) is 9.20.